The van der Waals surface area contributed by atoms with Gasteiger partial charge in [0.25, 0.3) is 0 Å². The van der Waals surface area contributed by atoms with Crippen LogP contribution in [0.25, 0.3) is 0 Å². The van der Waals surface area contributed by atoms with Gasteiger partial charge in [0.15, 0.2) is 0 Å². The van der Waals surface area contributed by atoms with Crippen molar-refractivity contribution in [2.75, 3.05) is 13.6 Å². The lowest BCUT2D eigenvalue weighted by Gasteiger charge is -2.26. The smallest absolute Gasteiger partial charge is 0.227 e. The molecule has 0 aromatic rings. The van der Waals surface area contributed by atoms with Gasteiger partial charge in [-0.15, -0.1) is 0 Å². The Labute approximate surface area is 72.9 Å². The van der Waals surface area contributed by atoms with Crippen LogP contribution in [0.1, 0.15) is 6.42 Å². The van der Waals surface area contributed by atoms with Gasteiger partial charge in [0.05, 0.1) is 6.42 Å². The van der Waals surface area contributed by atoms with Crippen molar-refractivity contribution in [3.63, 3.8) is 0 Å². The van der Waals surface area contributed by atoms with Gasteiger partial charge in [-0.05, 0) is 11.1 Å². The Kier molecular flexibility index (Phi) is 2.48. The van der Waals surface area contributed by atoms with Gasteiger partial charge in [-0.25, -0.2) is 0 Å². The number of rotatable bonds is 1. The molecule has 0 atom stereocenters. The Morgan fingerprint density at radius 3 is 2.83 bits per heavy atom. The molecule has 1 aliphatic rings. The number of carbonyl (C=O) groups excluding carboxylic acids is 1. The van der Waals surface area contributed by atoms with E-state index in [1.165, 1.54) is 0 Å². The molecule has 1 amide bonds. The van der Waals surface area contributed by atoms with Crippen molar-refractivity contribution >= 4 is 5.91 Å². The number of likely N-dealkylation sites (N-methyl/N-ethyl adjacent to an activating group) is 1. The second kappa shape index (κ2) is 3.39. The Bertz CT molecular complexity index is 263. The number of amides is 1. The highest BCUT2D eigenvalue weighted by Crippen LogP contribution is 2.19. The van der Waals surface area contributed by atoms with Gasteiger partial charge >= 0.3 is 0 Å². The third-order valence-electron chi connectivity index (χ3n) is 1.97. The maximum atomic E-state index is 11.2. The van der Waals surface area contributed by atoms with Crippen molar-refractivity contribution in [3.05, 3.63) is 36.5 Å². The Hall–Kier alpha value is -1.31. The van der Waals surface area contributed by atoms with Crippen LogP contribution in [0.2, 0.25) is 0 Å². The molecule has 1 aliphatic heterocycles. The summed E-state index contributed by atoms with van der Waals surface area (Å²) in [5.74, 6) is 0.140. The van der Waals surface area contributed by atoms with E-state index in [0.29, 0.717) is 13.0 Å². The molecule has 12 heavy (non-hydrogen) atoms. The van der Waals surface area contributed by atoms with E-state index in [9.17, 15) is 4.79 Å². The minimum atomic E-state index is 0.140. The van der Waals surface area contributed by atoms with Crippen molar-refractivity contribution < 1.29 is 4.79 Å². The zero-order valence-corrected chi connectivity index (χ0v) is 7.34. The first-order valence-electron chi connectivity index (χ1n) is 3.89. The van der Waals surface area contributed by atoms with Gasteiger partial charge in [-0.3, -0.25) is 4.79 Å². The summed E-state index contributed by atoms with van der Waals surface area (Å²) in [6, 6.07) is 0. The topological polar surface area (TPSA) is 20.3 Å². The molecule has 2 nitrogen and oxygen atoms in total. The molecular formula is C10H13NO. The van der Waals surface area contributed by atoms with Crippen molar-refractivity contribution in [2.45, 2.75) is 6.42 Å². The van der Waals surface area contributed by atoms with Crippen molar-refractivity contribution in [2.24, 2.45) is 0 Å². The molecule has 1 rings (SSSR count). The number of likely N-dealkylation sites (tertiary alicyclic amines) is 1. The molecule has 2 heteroatoms. The van der Waals surface area contributed by atoms with E-state index in [1.54, 1.807) is 18.0 Å². The van der Waals surface area contributed by atoms with Gasteiger partial charge in [0.1, 0.15) is 0 Å². The van der Waals surface area contributed by atoms with Crippen molar-refractivity contribution in [1.82, 2.24) is 4.90 Å². The lowest BCUT2D eigenvalue weighted by Crippen LogP contribution is -2.33. The summed E-state index contributed by atoms with van der Waals surface area (Å²) in [6.45, 7) is 8.10. The van der Waals surface area contributed by atoms with E-state index in [2.05, 4.69) is 13.2 Å². The van der Waals surface area contributed by atoms with Gasteiger partial charge in [-0.2, -0.15) is 0 Å². The molecule has 0 unspecified atom stereocenters. The lowest BCUT2D eigenvalue weighted by atomic mass is 9.99. The van der Waals surface area contributed by atoms with Gasteiger partial charge in [0, 0.05) is 13.6 Å². The predicted octanol–water partition coefficient (Wildman–Crippen LogP) is 1.52. The van der Waals surface area contributed by atoms with Gasteiger partial charge in [0.2, 0.25) is 5.91 Å². The fourth-order valence-corrected chi connectivity index (χ4v) is 1.20. The third kappa shape index (κ3) is 1.64. The summed E-state index contributed by atoms with van der Waals surface area (Å²) >= 11 is 0. The summed E-state index contributed by atoms with van der Waals surface area (Å²) in [6.07, 6.45) is 4.07. The zero-order chi connectivity index (χ0) is 9.14. The highest BCUT2D eigenvalue weighted by Gasteiger charge is 2.19. The summed E-state index contributed by atoms with van der Waals surface area (Å²) in [5, 5.41) is 0. The number of allylic oxidation sites excluding steroid dienone is 2. The summed E-state index contributed by atoms with van der Waals surface area (Å²) in [7, 11) is 1.80. The molecule has 0 aromatic carbocycles. The van der Waals surface area contributed by atoms with Crippen LogP contribution in [0.15, 0.2) is 36.5 Å². The van der Waals surface area contributed by atoms with Gasteiger partial charge in [-0.1, -0.05) is 25.3 Å². The quantitative estimate of drug-likeness (QED) is 0.574. The molecule has 0 spiro atoms. The molecule has 0 aliphatic carbocycles. The maximum Gasteiger partial charge on any atom is 0.227 e. The third-order valence-corrected chi connectivity index (χ3v) is 1.97. The van der Waals surface area contributed by atoms with Crippen LogP contribution < -0.4 is 0 Å². The highest BCUT2D eigenvalue weighted by molar-refractivity contribution is 5.82. The second-order valence-corrected chi connectivity index (χ2v) is 2.96. The SMILES string of the molecule is C=C/C=C1/CN(C)C(=O)CC1=C. The number of piperidine rings is 1. The first kappa shape index (κ1) is 8.78. The molecule has 1 fully saturated rings. The average molecular weight is 163 g/mol. The molecule has 0 bridgehead atoms. The van der Waals surface area contributed by atoms with E-state index in [-0.39, 0.29) is 5.91 Å². The van der Waals surface area contributed by atoms with Crippen molar-refractivity contribution in [1.29, 1.82) is 0 Å². The van der Waals surface area contributed by atoms with E-state index < -0.39 is 0 Å². The predicted molar refractivity (Wildman–Crippen MR) is 49.7 cm³/mol. The Morgan fingerprint density at radius 1 is 1.58 bits per heavy atom. The molecule has 0 N–H and O–H groups in total. The molecule has 0 radical (unpaired) electrons. The largest absolute Gasteiger partial charge is 0.341 e. The summed E-state index contributed by atoms with van der Waals surface area (Å²) < 4.78 is 0. The molecule has 64 valence electrons. The van der Waals surface area contributed by atoms with Crippen LogP contribution in [0.4, 0.5) is 0 Å². The minimum Gasteiger partial charge on any atom is -0.341 e. The lowest BCUT2D eigenvalue weighted by molar-refractivity contribution is -0.129. The van der Waals surface area contributed by atoms with E-state index in [0.717, 1.165) is 11.1 Å². The fraction of sp³-hybridized carbons (Fsp3) is 0.300. The zero-order valence-electron chi connectivity index (χ0n) is 7.34. The van der Waals surface area contributed by atoms with Crippen molar-refractivity contribution in [3.8, 4) is 0 Å². The monoisotopic (exact) mass is 163 g/mol. The number of hydrogen-bond donors (Lipinski definition) is 0. The number of carbonyl (C=O) groups is 1. The van der Waals surface area contributed by atoms with Crippen LogP contribution in [0.3, 0.4) is 0 Å². The average Bonchev–Trinajstić information content (AvgIpc) is 2.01. The van der Waals surface area contributed by atoms with E-state index in [1.807, 2.05) is 6.08 Å². The van der Waals surface area contributed by atoms with E-state index in [4.69, 9.17) is 0 Å². The van der Waals surface area contributed by atoms with Crippen LogP contribution >= 0.6 is 0 Å². The van der Waals surface area contributed by atoms with Crippen LogP contribution in [-0.2, 0) is 4.79 Å². The molecular weight excluding hydrogens is 150 g/mol. The standard InChI is InChI=1S/C10H13NO/c1-4-5-9-7-11(3)10(12)6-8(9)2/h4-5H,1-2,6-7H2,3H3/b9-5-. The summed E-state index contributed by atoms with van der Waals surface area (Å²) in [5.41, 5.74) is 2.02. The van der Waals surface area contributed by atoms with Crippen LogP contribution in [0, 0.1) is 0 Å². The first-order valence-corrected chi connectivity index (χ1v) is 3.89. The number of hydrogen-bond acceptors (Lipinski definition) is 1. The molecule has 0 saturated carbocycles. The van der Waals surface area contributed by atoms with Crippen LogP contribution in [-0.4, -0.2) is 24.4 Å². The molecule has 1 saturated heterocycles. The van der Waals surface area contributed by atoms with Crippen LogP contribution in [0.5, 0.6) is 0 Å². The highest BCUT2D eigenvalue weighted by atomic mass is 16.2. The Morgan fingerprint density at radius 2 is 2.25 bits per heavy atom. The fourth-order valence-electron chi connectivity index (χ4n) is 1.20. The molecule has 0 aromatic heterocycles. The van der Waals surface area contributed by atoms with E-state index >= 15 is 0 Å². The first-order chi connectivity index (χ1) is 5.65. The summed E-state index contributed by atoms with van der Waals surface area (Å²) in [4.78, 5) is 12.9. The maximum absolute atomic E-state index is 11.2. The second-order valence-electron chi connectivity index (χ2n) is 2.96. The number of nitrogens with zero attached hydrogens (tertiary/aromatic N) is 1. The minimum absolute atomic E-state index is 0.140. The normalized spacial score (nSPS) is 21.8. The Balaban J connectivity index is 2.81. The van der Waals surface area contributed by atoms with Gasteiger partial charge < -0.3 is 4.90 Å². The molecule has 1 heterocycles.